The normalized spacial score (nSPS) is 16.8. The number of carboxylic acids is 2. The summed E-state index contributed by atoms with van der Waals surface area (Å²) in [6, 6.07) is 3.96. The number of guanidine groups is 2. The summed E-state index contributed by atoms with van der Waals surface area (Å²) in [7, 11) is 1.35. The molecule has 3 rings (SSSR count). The molecule has 0 bridgehead atoms. The van der Waals surface area contributed by atoms with E-state index in [1.54, 1.807) is 60.7 Å². The maximum atomic E-state index is 14.4. The Labute approximate surface area is 612 Å². The largest absolute Gasteiger partial charge is 0.481 e. The molecule has 39 nitrogen and oxygen atoms in total. The monoisotopic (exact) mass is 1490 g/mol. The number of aliphatic imine (C=N–C) groups is 2. The fourth-order valence-electron chi connectivity index (χ4n) is 10.5. The molecule has 0 aromatic heterocycles. The molecule has 9 atom stereocenters. The summed E-state index contributed by atoms with van der Waals surface area (Å²) in [6.45, 7) is 1.24. The van der Waals surface area contributed by atoms with Crippen molar-refractivity contribution >= 4 is 101 Å². The zero-order valence-electron chi connectivity index (χ0n) is 59.7. The van der Waals surface area contributed by atoms with E-state index in [0.29, 0.717) is 17.7 Å². The Kier molecular flexibility index (Phi) is 42.3. The van der Waals surface area contributed by atoms with E-state index in [1.165, 1.54) is 7.05 Å². The number of nitrogens with one attached hydrogen (secondary N) is 13. The summed E-state index contributed by atoms with van der Waals surface area (Å²) in [5.41, 5.74) is 28.5. The molecular formula is C67H104N20O19. The van der Waals surface area contributed by atoms with Gasteiger partial charge in [0.1, 0.15) is 54.4 Å². The fourth-order valence-corrected chi connectivity index (χ4v) is 10.5. The minimum atomic E-state index is -1.70. The smallest absolute Gasteiger partial charge is 0.305 e. The zero-order valence-corrected chi connectivity index (χ0v) is 59.7. The number of hydrogen-bond acceptors (Lipinski definition) is 20. The van der Waals surface area contributed by atoms with Crippen LogP contribution in [0.3, 0.4) is 0 Å². The molecule has 1 aliphatic heterocycles. The van der Waals surface area contributed by atoms with Crippen molar-refractivity contribution in [1.29, 1.82) is 0 Å². The summed E-state index contributed by atoms with van der Waals surface area (Å²) in [5, 5.41) is 52.3. The lowest BCUT2D eigenvalue weighted by Gasteiger charge is -2.26. The topological polar surface area (TPSA) is 626 Å². The third kappa shape index (κ3) is 37.9. The molecule has 586 valence electrons. The van der Waals surface area contributed by atoms with Crippen molar-refractivity contribution in [2.45, 2.75) is 170 Å². The van der Waals surface area contributed by atoms with Gasteiger partial charge in [-0.1, -0.05) is 60.7 Å². The Morgan fingerprint density at radius 2 is 1.03 bits per heavy atom. The van der Waals surface area contributed by atoms with Gasteiger partial charge in [0.15, 0.2) is 11.9 Å². The van der Waals surface area contributed by atoms with Gasteiger partial charge in [0.2, 0.25) is 76.8 Å². The van der Waals surface area contributed by atoms with E-state index >= 15 is 0 Å². The van der Waals surface area contributed by atoms with Crippen LogP contribution >= 0.6 is 0 Å². The number of rotatable bonds is 47. The number of nitrogens with two attached hydrogens (primary N) is 5. The molecule has 1 fully saturated rings. The quantitative estimate of drug-likeness (QED) is 0.0166. The van der Waals surface area contributed by atoms with E-state index in [0.717, 1.165) is 6.92 Å². The van der Waals surface area contributed by atoms with Crippen molar-refractivity contribution in [2.24, 2.45) is 38.7 Å². The molecule has 0 spiro atoms. The minimum Gasteiger partial charge on any atom is -0.481 e. The van der Waals surface area contributed by atoms with Crippen LogP contribution in [0.5, 0.6) is 0 Å². The van der Waals surface area contributed by atoms with Gasteiger partial charge >= 0.3 is 11.9 Å². The first-order valence-electron chi connectivity index (χ1n) is 34.8. The van der Waals surface area contributed by atoms with Crippen LogP contribution in [0.4, 0.5) is 0 Å². The Morgan fingerprint density at radius 3 is 1.64 bits per heavy atom. The standard InChI is InChI=1S/C67H104N20O19/c1-40(88)79-50(37-55(92)93)64(103)86-48(35-41-15-5-3-6-16-41)62(101)84-45(60(99)82-43(57(96)73-2)21-13-29-76-66(69)70)20-10-12-28-75-58(97)47(80-53(90)25-31-105-33-34-106-32-26-68)23-24-52(89)74-27-11-9-19-46-61(100)83-44(22-14-30-77-67(71)72)59(98)78-39-54(91)81-51(38-56(94)95)65(104)87-49(63(102)85-46)36-42-17-7-4-8-18-42/h3-8,15-18,43-51H,9-14,19-39,68H2,1-2H3,(H,73,96)(H,74,89)(H,75,97)(H,78,98)(H,79,88)(H,80,90)(H,81,91)(H,82,99)(H,83,100)(H,84,101)(H,85,102)(H,86,103)(H,87,104)(H,92,93)(H,94,95)(H4,69,70,76)(H4,71,72,77)/t43-,44-,45-,46-,47-,48+,49+,50-,51-/m0/s1. The van der Waals surface area contributed by atoms with Gasteiger partial charge in [-0.25, -0.2) is 0 Å². The molecule has 0 aliphatic carbocycles. The second-order valence-corrected chi connectivity index (χ2v) is 24.6. The molecule has 0 radical (unpaired) electrons. The average molecular weight is 1490 g/mol. The molecule has 25 N–H and O–H groups in total. The van der Waals surface area contributed by atoms with Crippen molar-refractivity contribution < 1.29 is 91.6 Å². The summed E-state index contributed by atoms with van der Waals surface area (Å²) in [6.07, 6.45) is -2.15. The van der Waals surface area contributed by atoms with Crippen LogP contribution in [0.15, 0.2) is 70.6 Å². The van der Waals surface area contributed by atoms with E-state index in [2.05, 4.69) is 79.1 Å². The van der Waals surface area contributed by atoms with Crippen molar-refractivity contribution in [3.05, 3.63) is 71.8 Å². The number of likely N-dealkylation sites (N-methyl/N-ethyl adjacent to an activating group) is 1. The first-order chi connectivity index (χ1) is 50.6. The molecule has 1 aliphatic rings. The molecule has 2 aromatic carbocycles. The Balaban J connectivity index is 1.85. The number of hydrogen-bond donors (Lipinski definition) is 20. The highest BCUT2D eigenvalue weighted by molar-refractivity contribution is 5.99. The van der Waals surface area contributed by atoms with Crippen molar-refractivity contribution in [3.63, 3.8) is 0 Å². The summed E-state index contributed by atoms with van der Waals surface area (Å²) in [4.78, 5) is 209. The van der Waals surface area contributed by atoms with E-state index in [-0.39, 0.29) is 161 Å². The number of amides is 13. The van der Waals surface area contributed by atoms with Gasteiger partial charge in [0.05, 0.1) is 45.8 Å². The lowest BCUT2D eigenvalue weighted by atomic mass is 10.0. The third-order valence-corrected chi connectivity index (χ3v) is 15.9. The Bertz CT molecular complexity index is 3270. The zero-order chi connectivity index (χ0) is 78.3. The van der Waals surface area contributed by atoms with Gasteiger partial charge in [0, 0.05) is 72.4 Å². The molecule has 106 heavy (non-hydrogen) atoms. The molecular weight excluding hydrogens is 1390 g/mol. The number of nitrogens with zero attached hydrogens (tertiary/aromatic N) is 2. The summed E-state index contributed by atoms with van der Waals surface area (Å²) in [5.74, 6) is -13.9. The molecule has 13 amide bonds. The highest BCUT2D eigenvalue weighted by Gasteiger charge is 2.36. The molecule has 1 saturated heterocycles. The fraction of sp³-hybridized carbons (Fsp3) is 0.567. The lowest BCUT2D eigenvalue weighted by molar-refractivity contribution is -0.141. The number of carbonyl (C=O) groups is 15. The van der Waals surface area contributed by atoms with Crippen molar-refractivity contribution in [1.82, 2.24) is 69.1 Å². The maximum Gasteiger partial charge on any atom is 0.305 e. The van der Waals surface area contributed by atoms with E-state index in [1.807, 2.05) is 0 Å². The lowest BCUT2D eigenvalue weighted by Crippen LogP contribution is -2.58. The Hall–Kier alpha value is -11.1. The highest BCUT2D eigenvalue weighted by atomic mass is 16.5. The second kappa shape index (κ2) is 50.3. The maximum absolute atomic E-state index is 14.4. The van der Waals surface area contributed by atoms with Crippen molar-refractivity contribution in [2.75, 3.05) is 72.7 Å². The van der Waals surface area contributed by atoms with Crippen LogP contribution in [-0.4, -0.2) is 238 Å². The van der Waals surface area contributed by atoms with Gasteiger partial charge < -0.3 is 117 Å². The van der Waals surface area contributed by atoms with Crippen LogP contribution in [-0.2, 0) is 94.2 Å². The molecule has 0 saturated carbocycles. The van der Waals surface area contributed by atoms with Crippen LogP contribution in [0.1, 0.15) is 114 Å². The van der Waals surface area contributed by atoms with Crippen LogP contribution < -0.4 is 97.8 Å². The summed E-state index contributed by atoms with van der Waals surface area (Å²) < 4.78 is 10.8. The van der Waals surface area contributed by atoms with Crippen molar-refractivity contribution in [3.8, 4) is 0 Å². The minimum absolute atomic E-state index is 0.00921. The van der Waals surface area contributed by atoms with E-state index in [9.17, 15) is 82.1 Å². The van der Waals surface area contributed by atoms with Crippen LogP contribution in [0.2, 0.25) is 0 Å². The molecule has 2 aromatic rings. The third-order valence-electron chi connectivity index (χ3n) is 15.9. The predicted octanol–water partition coefficient (Wildman–Crippen LogP) is -6.48. The number of aliphatic carboxylic acids is 2. The predicted molar refractivity (Wildman–Crippen MR) is 383 cm³/mol. The van der Waals surface area contributed by atoms with Gasteiger partial charge in [-0.3, -0.25) is 81.9 Å². The first kappa shape index (κ1) is 89.1. The van der Waals surface area contributed by atoms with Gasteiger partial charge in [0.25, 0.3) is 0 Å². The van der Waals surface area contributed by atoms with Gasteiger partial charge in [-0.15, -0.1) is 0 Å². The Morgan fingerprint density at radius 1 is 0.509 bits per heavy atom. The van der Waals surface area contributed by atoms with Gasteiger partial charge in [-0.05, 0) is 81.8 Å². The number of benzene rings is 2. The van der Waals surface area contributed by atoms with E-state index < -0.39 is 162 Å². The number of unbranched alkanes of at least 4 members (excludes halogenated alkanes) is 2. The first-order valence-corrected chi connectivity index (χ1v) is 34.8. The average Bonchev–Trinajstić information content (AvgIpc) is 1.22. The summed E-state index contributed by atoms with van der Waals surface area (Å²) >= 11 is 0. The number of carbonyl (C=O) groups excluding carboxylic acids is 13. The number of ether oxygens (including phenoxy) is 2. The van der Waals surface area contributed by atoms with E-state index in [4.69, 9.17) is 38.1 Å². The highest BCUT2D eigenvalue weighted by Crippen LogP contribution is 2.13. The molecule has 1 heterocycles. The van der Waals surface area contributed by atoms with Crippen LogP contribution in [0.25, 0.3) is 0 Å². The number of carboxylic acid groups (broad SMARTS) is 2. The molecule has 39 heteroatoms. The van der Waals surface area contributed by atoms with Gasteiger partial charge in [-0.2, -0.15) is 0 Å². The second-order valence-electron chi connectivity index (χ2n) is 24.6. The SMILES string of the molecule is CNC(=O)[C@H](CCCN=C(N)N)NC(=O)[C@H](CCCCNC(=O)[C@H](CCC(=O)NCCCC[C@@H]1NC(=O)[C@@H](Cc2ccccc2)NC(=O)[C@H](CC(=O)O)NC(=O)CNC(=O)[C@H](CCCN=C(N)N)NC1=O)NC(=O)CCOCCOCCN)NC(=O)[C@@H](Cc1ccccc1)NC(=O)[C@H](CC(=O)O)NC(C)=O. The molecule has 0 unspecified atom stereocenters. The van der Waals surface area contributed by atoms with Crippen LogP contribution in [0, 0.1) is 0 Å².